The summed E-state index contributed by atoms with van der Waals surface area (Å²) >= 11 is 0. The van der Waals surface area contributed by atoms with Crippen molar-refractivity contribution in [1.29, 1.82) is 0 Å². The van der Waals surface area contributed by atoms with Crippen LogP contribution in [0.5, 0.6) is 0 Å². The molecule has 4 heteroatoms. The van der Waals surface area contributed by atoms with E-state index in [1.54, 1.807) is 60.7 Å². The van der Waals surface area contributed by atoms with Crippen LogP contribution in [0.2, 0.25) is 0 Å². The summed E-state index contributed by atoms with van der Waals surface area (Å²) in [5.41, 5.74) is 6.40. The first kappa shape index (κ1) is 18.2. The van der Waals surface area contributed by atoms with E-state index in [-0.39, 0.29) is 0 Å². The summed E-state index contributed by atoms with van der Waals surface area (Å²) in [6.45, 7) is 2.98. The van der Waals surface area contributed by atoms with Gasteiger partial charge in [0.2, 0.25) is 0 Å². The molecule has 24 heavy (non-hydrogen) atoms. The van der Waals surface area contributed by atoms with Gasteiger partial charge in [0.1, 0.15) is 0 Å². The minimum absolute atomic E-state index is 0.358. The maximum Gasteiger partial charge on any atom is 0.0997 e. The molecule has 3 nitrogen and oxygen atoms in total. The second-order valence-electron chi connectivity index (χ2n) is 5.46. The van der Waals surface area contributed by atoms with Crippen LogP contribution in [0.3, 0.4) is 0 Å². The fraction of sp³-hybridized carbons (Fsp3) is 0.100. The molecule has 0 saturated carbocycles. The highest BCUT2D eigenvalue weighted by atomic mass is 31.2. The Hall–Kier alpha value is -2.19. The molecule has 0 aliphatic heterocycles. The Morgan fingerprint density at radius 1 is 0.792 bits per heavy atom. The van der Waals surface area contributed by atoms with E-state index in [0.29, 0.717) is 10.6 Å². The lowest BCUT2D eigenvalue weighted by atomic mass is 10.2. The van der Waals surface area contributed by atoms with Gasteiger partial charge >= 0.3 is 0 Å². The van der Waals surface area contributed by atoms with E-state index in [0.717, 1.165) is 6.54 Å². The molecule has 0 fully saturated rings. The van der Waals surface area contributed by atoms with Gasteiger partial charge in [0.25, 0.3) is 0 Å². The van der Waals surface area contributed by atoms with E-state index in [1.807, 2.05) is 0 Å². The van der Waals surface area contributed by atoms with Crippen molar-refractivity contribution in [2.45, 2.75) is 13.5 Å². The number of aryl methyl sites for hydroxylation is 1. The quantitative estimate of drug-likeness (QED) is 0.742. The molecular formula is C20H22NO2P. The van der Waals surface area contributed by atoms with Crippen LogP contribution in [0.15, 0.2) is 84.9 Å². The maximum atomic E-state index is 12.1. The van der Waals surface area contributed by atoms with E-state index in [2.05, 4.69) is 36.9 Å². The van der Waals surface area contributed by atoms with Crippen LogP contribution in [0, 0.1) is 6.92 Å². The van der Waals surface area contributed by atoms with Gasteiger partial charge in [0.15, 0.2) is 0 Å². The minimum Gasteiger partial charge on any atom is -0.793 e. The molecule has 0 spiro atoms. The Bertz CT molecular complexity index is 743. The molecule has 3 rings (SSSR count). The van der Waals surface area contributed by atoms with Gasteiger partial charge in [-0.25, -0.2) is 0 Å². The highest BCUT2D eigenvalue weighted by Crippen LogP contribution is 2.32. The second-order valence-corrected chi connectivity index (χ2v) is 7.59. The number of quaternary nitrogens is 1. The normalized spacial score (nSPS) is 10.6. The van der Waals surface area contributed by atoms with Crippen molar-refractivity contribution in [1.82, 2.24) is 0 Å². The van der Waals surface area contributed by atoms with E-state index in [4.69, 9.17) is 0 Å². The average molecular weight is 339 g/mol. The maximum absolute atomic E-state index is 12.1. The Labute approximate surface area is 143 Å². The predicted molar refractivity (Wildman–Crippen MR) is 97.5 cm³/mol. The molecule has 0 radical (unpaired) electrons. The van der Waals surface area contributed by atoms with Gasteiger partial charge in [-0.2, -0.15) is 0 Å². The van der Waals surface area contributed by atoms with Crippen LogP contribution in [0.1, 0.15) is 11.1 Å². The Morgan fingerprint density at radius 2 is 1.21 bits per heavy atom. The zero-order valence-corrected chi connectivity index (χ0v) is 14.7. The molecule has 0 amide bonds. The number of hydrogen-bond acceptors (Lipinski definition) is 2. The largest absolute Gasteiger partial charge is 0.793 e. The van der Waals surface area contributed by atoms with E-state index < -0.39 is 7.37 Å². The van der Waals surface area contributed by atoms with Gasteiger partial charge in [-0.05, 0) is 6.92 Å². The molecule has 3 N–H and O–H groups in total. The fourth-order valence-corrected chi connectivity index (χ4v) is 3.58. The highest BCUT2D eigenvalue weighted by molar-refractivity contribution is 7.72. The zero-order valence-electron chi connectivity index (χ0n) is 13.8. The molecule has 0 heterocycles. The van der Waals surface area contributed by atoms with Crippen molar-refractivity contribution in [2.75, 3.05) is 0 Å². The van der Waals surface area contributed by atoms with Gasteiger partial charge in [-0.1, -0.05) is 90.5 Å². The molecule has 0 aliphatic carbocycles. The van der Waals surface area contributed by atoms with Crippen LogP contribution < -0.4 is 21.2 Å². The standard InChI is InChI=1S/C12H11O2P.C8H11N/c13-15(14,11-7-3-1-4-8-11)12-9-5-2-6-10-12;1-7-2-4-8(6-9)5-3-7/h1-10H,(H,13,14);2-5H,6,9H2,1H3. The minimum atomic E-state index is -3.65. The van der Waals surface area contributed by atoms with Crippen molar-refractivity contribution in [3.05, 3.63) is 96.1 Å². The number of rotatable bonds is 3. The first-order chi connectivity index (χ1) is 11.5. The van der Waals surface area contributed by atoms with Crippen molar-refractivity contribution >= 4 is 18.0 Å². The van der Waals surface area contributed by atoms with Crippen molar-refractivity contribution in [2.24, 2.45) is 0 Å². The summed E-state index contributed by atoms with van der Waals surface area (Å²) in [4.78, 5) is 12.1. The molecule has 124 valence electrons. The van der Waals surface area contributed by atoms with Crippen molar-refractivity contribution in [3.63, 3.8) is 0 Å². The van der Waals surface area contributed by atoms with Crippen LogP contribution in [-0.2, 0) is 11.1 Å². The third-order valence-corrected chi connectivity index (χ3v) is 5.56. The van der Waals surface area contributed by atoms with Gasteiger partial charge in [-0.15, -0.1) is 0 Å². The average Bonchev–Trinajstić information content (AvgIpc) is 2.64. The van der Waals surface area contributed by atoms with Crippen molar-refractivity contribution < 1.29 is 15.2 Å². The lowest BCUT2D eigenvalue weighted by Crippen LogP contribution is -2.47. The monoisotopic (exact) mass is 339 g/mol. The summed E-state index contributed by atoms with van der Waals surface area (Å²) in [7, 11) is -3.65. The Kier molecular flexibility index (Phi) is 6.51. The summed E-state index contributed by atoms with van der Waals surface area (Å²) in [5.74, 6) is 0. The smallest absolute Gasteiger partial charge is 0.0997 e. The molecule has 3 aromatic rings. The Morgan fingerprint density at radius 3 is 1.58 bits per heavy atom. The van der Waals surface area contributed by atoms with E-state index in [9.17, 15) is 9.46 Å². The van der Waals surface area contributed by atoms with Gasteiger partial charge in [0, 0.05) is 16.2 Å². The topological polar surface area (TPSA) is 67.8 Å². The van der Waals surface area contributed by atoms with Crippen molar-refractivity contribution in [3.8, 4) is 0 Å². The van der Waals surface area contributed by atoms with Gasteiger partial charge in [-0.3, -0.25) is 0 Å². The van der Waals surface area contributed by atoms with Gasteiger partial charge < -0.3 is 15.2 Å². The molecule has 0 bridgehead atoms. The first-order valence-corrected chi connectivity index (χ1v) is 9.43. The number of benzene rings is 3. The fourth-order valence-electron chi connectivity index (χ4n) is 2.15. The van der Waals surface area contributed by atoms with Crippen LogP contribution in [-0.4, -0.2) is 0 Å². The molecule has 0 aliphatic rings. The second kappa shape index (κ2) is 8.60. The molecule has 3 aromatic carbocycles. The van der Waals surface area contributed by atoms with E-state index >= 15 is 0 Å². The summed E-state index contributed by atoms with van der Waals surface area (Å²) in [6, 6.07) is 25.4. The lowest BCUT2D eigenvalue weighted by molar-refractivity contribution is -0.386. The lowest BCUT2D eigenvalue weighted by Gasteiger charge is -2.23. The molecule has 0 unspecified atom stereocenters. The summed E-state index contributed by atoms with van der Waals surface area (Å²) < 4.78 is 12.1. The molecule has 0 atom stereocenters. The third kappa shape index (κ3) is 4.90. The predicted octanol–water partition coefficient (Wildman–Crippen LogP) is 2.01. The Balaban J connectivity index is 0.000000198. The highest BCUT2D eigenvalue weighted by Gasteiger charge is 2.12. The molecule has 0 saturated heterocycles. The molecular weight excluding hydrogens is 317 g/mol. The summed E-state index contributed by atoms with van der Waals surface area (Å²) in [5, 5.41) is 0.715. The first-order valence-electron chi connectivity index (χ1n) is 7.81. The SMILES string of the molecule is Cc1ccc(C[NH3+])cc1.O=P([O-])(c1ccccc1)c1ccccc1. The van der Waals surface area contributed by atoms with Crippen LogP contribution in [0.25, 0.3) is 0 Å². The van der Waals surface area contributed by atoms with Crippen LogP contribution in [0.4, 0.5) is 0 Å². The van der Waals surface area contributed by atoms with Gasteiger partial charge in [0.05, 0.1) is 13.9 Å². The third-order valence-electron chi connectivity index (χ3n) is 3.60. The van der Waals surface area contributed by atoms with Crippen LogP contribution >= 0.6 is 7.37 Å². The number of hydrogen-bond donors (Lipinski definition) is 1. The van der Waals surface area contributed by atoms with E-state index in [1.165, 1.54) is 11.1 Å². The zero-order chi connectivity index (χ0) is 17.4. The molecule has 0 aromatic heterocycles. The summed E-state index contributed by atoms with van der Waals surface area (Å²) in [6.07, 6.45) is 0.